The lowest BCUT2D eigenvalue weighted by Crippen LogP contribution is -2.34. The Morgan fingerprint density at radius 2 is 1.13 bits per heavy atom. The molecule has 10 rings (SSSR count). The van der Waals surface area contributed by atoms with E-state index >= 15 is 0 Å². The Kier molecular flexibility index (Phi) is 7.91. The zero-order valence-electron chi connectivity index (χ0n) is 29.4. The molecule has 4 aromatic carbocycles. The number of aromatic nitrogens is 3. The van der Waals surface area contributed by atoms with Crippen molar-refractivity contribution in [1.82, 2.24) is 30.9 Å². The quantitative estimate of drug-likeness (QED) is 0.150. The summed E-state index contributed by atoms with van der Waals surface area (Å²) in [6, 6.07) is 36.9. The van der Waals surface area contributed by atoms with Crippen LogP contribution < -0.4 is 16.0 Å². The number of hydrogen-bond donors (Lipinski definition) is 3. The average Bonchev–Trinajstić information content (AvgIpc) is 3.27. The fourth-order valence-electron chi connectivity index (χ4n) is 7.73. The van der Waals surface area contributed by atoms with Gasteiger partial charge >= 0.3 is 0 Å². The molecule has 258 valence electrons. The van der Waals surface area contributed by atoms with Gasteiger partial charge in [-0.2, -0.15) is 0 Å². The highest BCUT2D eigenvalue weighted by atomic mass is 15.0. The number of dihydropyridines is 3. The third-order valence-electron chi connectivity index (χ3n) is 10.6. The van der Waals surface area contributed by atoms with Gasteiger partial charge in [-0.15, -0.1) is 0 Å². The highest BCUT2D eigenvalue weighted by Gasteiger charge is 2.18. The van der Waals surface area contributed by atoms with E-state index in [2.05, 4.69) is 154 Å². The van der Waals surface area contributed by atoms with Crippen molar-refractivity contribution >= 4 is 43.5 Å². The third kappa shape index (κ3) is 5.84. The van der Waals surface area contributed by atoms with Crippen LogP contribution in [0.3, 0.4) is 0 Å². The van der Waals surface area contributed by atoms with Gasteiger partial charge in [0.25, 0.3) is 0 Å². The maximum atomic E-state index is 4.79. The molecule has 3 aromatic heterocycles. The standard InChI is InChI=1S/C48H36N6/c1-4-22-49-43(7-1)46-19-13-34(28-52-46)31-10-16-37-40(25-31)38-17-11-32(35-14-20-47(53-29-35)44-8-2-5-23-50-44)27-42(38)39-18-12-33(26-41(37)39)36-15-21-48(54-30-36)45-9-3-6-24-51-45/h1-23,25-30,46,48,51-52,54H,24H2. The van der Waals surface area contributed by atoms with Crippen molar-refractivity contribution in [1.29, 1.82) is 0 Å². The minimum absolute atomic E-state index is 0.0462. The molecule has 0 fully saturated rings. The summed E-state index contributed by atoms with van der Waals surface area (Å²) >= 11 is 0. The molecule has 0 saturated carbocycles. The van der Waals surface area contributed by atoms with Crippen LogP contribution in [0.4, 0.5) is 0 Å². The lowest BCUT2D eigenvalue weighted by atomic mass is 9.88. The van der Waals surface area contributed by atoms with Gasteiger partial charge in [0.15, 0.2) is 0 Å². The topological polar surface area (TPSA) is 74.8 Å². The molecule has 0 spiro atoms. The summed E-state index contributed by atoms with van der Waals surface area (Å²) in [6.07, 6.45) is 25.1. The van der Waals surface area contributed by atoms with Gasteiger partial charge < -0.3 is 16.0 Å². The SMILES string of the molecule is C1=CCNC(C2C=CC(c3ccc4c(c3)c3ccc(C5=CNC(c6ccccn6)C=C5)cc3c3ccc(-c5ccc(-c6ccccn6)nc5)cc43)=CN2)=C1. The van der Waals surface area contributed by atoms with E-state index in [0.717, 1.165) is 51.5 Å². The molecule has 0 radical (unpaired) electrons. The third-order valence-corrected chi connectivity index (χ3v) is 10.6. The first-order valence-corrected chi connectivity index (χ1v) is 18.4. The van der Waals surface area contributed by atoms with Gasteiger partial charge in [-0.1, -0.05) is 91.1 Å². The number of rotatable bonds is 6. The molecular weight excluding hydrogens is 661 g/mol. The molecule has 54 heavy (non-hydrogen) atoms. The first kappa shape index (κ1) is 31.7. The van der Waals surface area contributed by atoms with Crippen LogP contribution in [-0.4, -0.2) is 27.5 Å². The molecular formula is C48H36N6. The summed E-state index contributed by atoms with van der Waals surface area (Å²) in [5.74, 6) is 0. The van der Waals surface area contributed by atoms with E-state index in [1.807, 2.05) is 42.7 Å². The maximum absolute atomic E-state index is 4.79. The number of pyridine rings is 3. The van der Waals surface area contributed by atoms with Crippen molar-refractivity contribution in [3.63, 3.8) is 0 Å². The monoisotopic (exact) mass is 696 g/mol. The molecule has 0 amide bonds. The van der Waals surface area contributed by atoms with Crippen molar-refractivity contribution in [2.24, 2.45) is 0 Å². The summed E-state index contributed by atoms with van der Waals surface area (Å²) in [5, 5.41) is 18.0. The molecule has 3 aliphatic heterocycles. The summed E-state index contributed by atoms with van der Waals surface area (Å²) in [4.78, 5) is 13.8. The van der Waals surface area contributed by atoms with E-state index in [4.69, 9.17) is 4.98 Å². The largest absolute Gasteiger partial charge is 0.383 e. The fourth-order valence-corrected chi connectivity index (χ4v) is 7.73. The number of fused-ring (bicyclic) bond motifs is 6. The van der Waals surface area contributed by atoms with Gasteiger partial charge in [0.2, 0.25) is 0 Å². The van der Waals surface area contributed by atoms with Gasteiger partial charge in [-0.3, -0.25) is 15.0 Å². The van der Waals surface area contributed by atoms with E-state index in [1.54, 1.807) is 6.20 Å². The smallest absolute Gasteiger partial charge is 0.0886 e. The highest BCUT2D eigenvalue weighted by molar-refractivity contribution is 6.26. The second-order valence-electron chi connectivity index (χ2n) is 13.8. The minimum Gasteiger partial charge on any atom is -0.383 e. The Bertz CT molecular complexity index is 2760. The molecule has 3 aliphatic rings. The van der Waals surface area contributed by atoms with Crippen LogP contribution in [0, 0.1) is 0 Å². The van der Waals surface area contributed by atoms with Crippen LogP contribution in [-0.2, 0) is 0 Å². The highest BCUT2D eigenvalue weighted by Crippen LogP contribution is 2.40. The minimum atomic E-state index is 0.0462. The van der Waals surface area contributed by atoms with Gasteiger partial charge in [0.05, 0.1) is 29.2 Å². The molecule has 0 aliphatic carbocycles. The van der Waals surface area contributed by atoms with Crippen molar-refractivity contribution in [2.75, 3.05) is 6.54 Å². The van der Waals surface area contributed by atoms with E-state index in [-0.39, 0.29) is 12.1 Å². The van der Waals surface area contributed by atoms with Crippen LogP contribution in [0.25, 0.3) is 66.0 Å². The predicted octanol–water partition coefficient (Wildman–Crippen LogP) is 9.82. The van der Waals surface area contributed by atoms with Crippen molar-refractivity contribution in [3.8, 4) is 22.5 Å². The predicted molar refractivity (Wildman–Crippen MR) is 222 cm³/mol. The Balaban J connectivity index is 1.07. The summed E-state index contributed by atoms with van der Waals surface area (Å²) in [7, 11) is 0. The summed E-state index contributed by atoms with van der Waals surface area (Å²) in [6.45, 7) is 0.853. The Labute approximate surface area is 313 Å². The number of hydrogen-bond acceptors (Lipinski definition) is 6. The van der Waals surface area contributed by atoms with Crippen LogP contribution in [0.5, 0.6) is 0 Å². The van der Waals surface area contributed by atoms with Gasteiger partial charge in [-0.25, -0.2) is 0 Å². The molecule has 2 unspecified atom stereocenters. The zero-order chi connectivity index (χ0) is 35.8. The van der Waals surface area contributed by atoms with Crippen LogP contribution in [0.1, 0.15) is 22.9 Å². The number of allylic oxidation sites excluding steroid dienone is 6. The van der Waals surface area contributed by atoms with Crippen molar-refractivity contribution in [3.05, 3.63) is 199 Å². The second kappa shape index (κ2) is 13.5. The summed E-state index contributed by atoms with van der Waals surface area (Å²) < 4.78 is 0. The Hall–Kier alpha value is -7.05. The van der Waals surface area contributed by atoms with E-state index in [9.17, 15) is 0 Å². The normalized spacial score (nSPS) is 17.7. The lowest BCUT2D eigenvalue weighted by molar-refractivity contribution is 0.705. The molecule has 6 heterocycles. The van der Waals surface area contributed by atoms with Crippen molar-refractivity contribution < 1.29 is 0 Å². The lowest BCUT2D eigenvalue weighted by Gasteiger charge is -2.24. The van der Waals surface area contributed by atoms with E-state index < -0.39 is 0 Å². The second-order valence-corrected chi connectivity index (χ2v) is 13.8. The fraction of sp³-hybridized carbons (Fsp3) is 0.0625. The van der Waals surface area contributed by atoms with Gasteiger partial charge in [-0.05, 0) is 115 Å². The number of benzene rings is 4. The molecule has 6 nitrogen and oxygen atoms in total. The Morgan fingerprint density at radius 1 is 0.519 bits per heavy atom. The maximum Gasteiger partial charge on any atom is 0.0886 e. The first-order chi connectivity index (χ1) is 26.7. The van der Waals surface area contributed by atoms with Gasteiger partial charge in [0, 0.05) is 48.8 Å². The van der Waals surface area contributed by atoms with Crippen molar-refractivity contribution in [2.45, 2.75) is 12.1 Å². The zero-order valence-corrected chi connectivity index (χ0v) is 29.4. The van der Waals surface area contributed by atoms with Crippen LogP contribution >= 0.6 is 0 Å². The molecule has 2 atom stereocenters. The molecule has 6 heteroatoms. The molecule has 7 aromatic rings. The van der Waals surface area contributed by atoms with Gasteiger partial charge in [0.1, 0.15) is 0 Å². The summed E-state index contributed by atoms with van der Waals surface area (Å²) in [5.41, 5.74) is 10.7. The van der Waals surface area contributed by atoms with E-state index in [0.29, 0.717) is 0 Å². The first-order valence-electron chi connectivity index (χ1n) is 18.4. The molecule has 0 saturated heterocycles. The molecule has 3 N–H and O–H groups in total. The van der Waals surface area contributed by atoms with Crippen LogP contribution in [0.2, 0.25) is 0 Å². The number of nitrogens with one attached hydrogen (secondary N) is 3. The average molecular weight is 697 g/mol. The van der Waals surface area contributed by atoms with Crippen LogP contribution in [0.15, 0.2) is 182 Å². The van der Waals surface area contributed by atoms with E-state index in [1.165, 1.54) is 43.6 Å². The molecule has 0 bridgehead atoms. The number of nitrogens with zero attached hydrogens (tertiary/aromatic N) is 3. The Morgan fingerprint density at radius 3 is 1.69 bits per heavy atom.